The third-order valence-electron chi connectivity index (χ3n) is 6.78. The molecule has 0 spiro atoms. The van der Waals surface area contributed by atoms with Gasteiger partial charge in [0.05, 0.1) is 11.8 Å². The molecule has 0 aliphatic carbocycles. The van der Waals surface area contributed by atoms with Gasteiger partial charge in [-0.05, 0) is 54.2 Å². The van der Waals surface area contributed by atoms with Crippen LogP contribution in [-0.2, 0) is 37.8 Å². The molecule has 7 nitrogen and oxygen atoms in total. The number of nitrogens with one attached hydrogen (secondary N) is 2. The van der Waals surface area contributed by atoms with Gasteiger partial charge in [-0.3, -0.25) is 19.4 Å². The second kappa shape index (κ2) is 8.82. The van der Waals surface area contributed by atoms with Gasteiger partial charge in [-0.1, -0.05) is 42.5 Å². The Morgan fingerprint density at radius 2 is 1.82 bits per heavy atom. The molecule has 0 fully saturated rings. The highest BCUT2D eigenvalue weighted by Crippen LogP contribution is 2.28. The van der Waals surface area contributed by atoms with Crippen LogP contribution in [-0.4, -0.2) is 27.2 Å². The fourth-order valence-corrected chi connectivity index (χ4v) is 4.89. The highest BCUT2D eigenvalue weighted by Gasteiger charge is 2.19. The molecule has 174 valence electrons. The number of nitrogens with zero attached hydrogens (tertiary/aromatic N) is 3. The number of fused-ring (bicyclic) bond motifs is 2. The zero-order valence-electron chi connectivity index (χ0n) is 19.8. The van der Waals surface area contributed by atoms with E-state index in [2.05, 4.69) is 68.8 Å². The van der Waals surface area contributed by atoms with Crippen LogP contribution >= 0.6 is 0 Å². The van der Waals surface area contributed by atoms with E-state index in [1.165, 1.54) is 16.8 Å². The number of aromatic amines is 1. The number of hydrogen-bond acceptors (Lipinski definition) is 4. The molecule has 0 saturated carbocycles. The first-order valence-electron chi connectivity index (χ1n) is 11.6. The Labute approximate surface area is 198 Å². The van der Waals surface area contributed by atoms with Gasteiger partial charge in [0.2, 0.25) is 5.91 Å². The molecule has 4 aromatic rings. The van der Waals surface area contributed by atoms with Crippen molar-refractivity contribution in [3.05, 3.63) is 92.4 Å². The van der Waals surface area contributed by atoms with Crippen molar-refractivity contribution in [2.75, 3.05) is 11.4 Å². The molecule has 34 heavy (non-hydrogen) atoms. The largest absolute Gasteiger partial charge is 0.367 e. The van der Waals surface area contributed by atoms with Crippen LogP contribution in [0, 0.1) is 13.8 Å². The highest BCUT2D eigenvalue weighted by molar-refractivity contribution is 5.84. The molecule has 3 heterocycles. The van der Waals surface area contributed by atoms with Crippen LogP contribution in [0.1, 0.15) is 33.5 Å². The van der Waals surface area contributed by atoms with Gasteiger partial charge in [0, 0.05) is 38.1 Å². The summed E-state index contributed by atoms with van der Waals surface area (Å²) in [6.07, 6.45) is 1.29. The van der Waals surface area contributed by atoms with Crippen molar-refractivity contribution in [2.45, 2.75) is 39.8 Å². The Morgan fingerprint density at radius 3 is 2.62 bits per heavy atom. The molecule has 7 heteroatoms. The summed E-state index contributed by atoms with van der Waals surface area (Å²) in [6, 6.07) is 17.0. The number of H-pyrrole nitrogens is 1. The molecular formula is C27H29N5O2. The monoisotopic (exact) mass is 455 g/mol. The minimum absolute atomic E-state index is 0.0857. The molecule has 2 aromatic carbocycles. The van der Waals surface area contributed by atoms with Crippen molar-refractivity contribution >= 4 is 22.6 Å². The van der Waals surface area contributed by atoms with E-state index in [9.17, 15) is 9.59 Å². The lowest BCUT2D eigenvalue weighted by Gasteiger charge is -2.19. The molecular weight excluding hydrogens is 426 g/mol. The predicted molar refractivity (Wildman–Crippen MR) is 134 cm³/mol. The van der Waals surface area contributed by atoms with E-state index < -0.39 is 0 Å². The Kier molecular flexibility index (Phi) is 5.69. The summed E-state index contributed by atoms with van der Waals surface area (Å²) in [5.74, 6) is -0.0857. The summed E-state index contributed by atoms with van der Waals surface area (Å²) in [7, 11) is 1.76. The predicted octanol–water partition coefficient (Wildman–Crippen LogP) is 3.30. The Morgan fingerprint density at radius 1 is 1.09 bits per heavy atom. The Hall–Kier alpha value is -3.87. The third-order valence-corrected chi connectivity index (χ3v) is 6.78. The van der Waals surface area contributed by atoms with Crippen LogP contribution in [0.2, 0.25) is 0 Å². The van der Waals surface area contributed by atoms with Gasteiger partial charge in [0.1, 0.15) is 0 Å². The van der Waals surface area contributed by atoms with Gasteiger partial charge in [-0.25, -0.2) is 4.98 Å². The third kappa shape index (κ3) is 4.09. The normalized spacial score (nSPS) is 12.9. The summed E-state index contributed by atoms with van der Waals surface area (Å²) in [6.45, 7) is 6.16. The minimum atomic E-state index is -0.179. The Bertz CT molecular complexity index is 1430. The fourth-order valence-electron chi connectivity index (χ4n) is 4.89. The van der Waals surface area contributed by atoms with Gasteiger partial charge in [0.25, 0.3) is 5.56 Å². The standard InChI is InChI=1S/C27H29N5O2/c1-17-22(18(2)29-26-25(17)27(34)30-31(26)3)14-24(33)28-15-19-8-10-20(11-9-19)16-32-13-12-21-6-4-5-7-23(21)32/h4-11H,12-16H2,1-3H3,(H,28,33)(H,30,34). The SMILES string of the molecule is Cc1nc2c(c(C)c1CC(=O)NCc1ccc(CN3CCc4ccccc43)cc1)c(=O)[nH]n2C. The molecule has 2 aromatic heterocycles. The summed E-state index contributed by atoms with van der Waals surface area (Å²) >= 11 is 0. The number of hydrogen-bond donors (Lipinski definition) is 2. The molecule has 1 aliphatic heterocycles. The van der Waals surface area contributed by atoms with E-state index in [-0.39, 0.29) is 17.9 Å². The van der Waals surface area contributed by atoms with Crippen LogP contribution < -0.4 is 15.8 Å². The minimum Gasteiger partial charge on any atom is -0.367 e. The lowest BCUT2D eigenvalue weighted by molar-refractivity contribution is -0.120. The molecule has 0 atom stereocenters. The number of amides is 1. The average molecular weight is 456 g/mol. The van der Waals surface area contributed by atoms with Gasteiger partial charge >= 0.3 is 0 Å². The van der Waals surface area contributed by atoms with Crippen molar-refractivity contribution in [2.24, 2.45) is 7.05 Å². The zero-order chi connectivity index (χ0) is 23.8. The molecule has 0 saturated heterocycles. The van der Waals surface area contributed by atoms with E-state index in [4.69, 9.17) is 0 Å². The molecule has 0 bridgehead atoms. The van der Waals surface area contributed by atoms with Crippen LogP contribution in [0.15, 0.2) is 53.3 Å². The number of rotatable bonds is 6. The van der Waals surface area contributed by atoms with Crippen LogP contribution in [0.3, 0.4) is 0 Å². The van der Waals surface area contributed by atoms with Gasteiger partial charge in [-0.2, -0.15) is 0 Å². The van der Waals surface area contributed by atoms with Crippen LogP contribution in [0.25, 0.3) is 11.0 Å². The molecule has 2 N–H and O–H groups in total. The fraction of sp³-hybridized carbons (Fsp3) is 0.296. The van der Waals surface area contributed by atoms with E-state index >= 15 is 0 Å². The number of aromatic nitrogens is 3. The highest BCUT2D eigenvalue weighted by atomic mass is 16.1. The second-order valence-electron chi connectivity index (χ2n) is 9.07. The number of pyridine rings is 1. The van der Waals surface area contributed by atoms with Gasteiger partial charge < -0.3 is 10.2 Å². The second-order valence-corrected chi connectivity index (χ2v) is 9.07. The topological polar surface area (TPSA) is 83.0 Å². The Balaban J connectivity index is 1.21. The summed E-state index contributed by atoms with van der Waals surface area (Å²) < 4.78 is 1.62. The first-order valence-corrected chi connectivity index (χ1v) is 11.6. The molecule has 5 rings (SSSR count). The van der Waals surface area contributed by atoms with E-state index in [1.807, 2.05) is 13.8 Å². The number of para-hydroxylation sites is 1. The molecule has 0 unspecified atom stereocenters. The quantitative estimate of drug-likeness (QED) is 0.467. The molecule has 1 aliphatic rings. The van der Waals surface area contributed by atoms with E-state index in [0.717, 1.165) is 41.9 Å². The number of benzene rings is 2. The maximum atomic E-state index is 12.7. The number of carbonyl (C=O) groups is 1. The van der Waals surface area contributed by atoms with Crippen molar-refractivity contribution in [1.82, 2.24) is 20.1 Å². The molecule has 0 radical (unpaired) electrons. The lowest BCUT2D eigenvalue weighted by Crippen LogP contribution is -2.25. The summed E-state index contributed by atoms with van der Waals surface area (Å²) in [4.78, 5) is 31.9. The van der Waals surface area contributed by atoms with E-state index in [0.29, 0.717) is 17.6 Å². The first kappa shape index (κ1) is 21.9. The van der Waals surface area contributed by atoms with Crippen molar-refractivity contribution in [1.29, 1.82) is 0 Å². The maximum absolute atomic E-state index is 12.7. The van der Waals surface area contributed by atoms with Crippen molar-refractivity contribution in [3.63, 3.8) is 0 Å². The number of carbonyl (C=O) groups excluding carboxylic acids is 1. The number of aryl methyl sites for hydroxylation is 3. The summed E-state index contributed by atoms with van der Waals surface area (Å²) in [5.41, 5.74) is 7.88. The number of anilines is 1. The van der Waals surface area contributed by atoms with Gasteiger partial charge in [-0.15, -0.1) is 0 Å². The van der Waals surface area contributed by atoms with E-state index in [1.54, 1.807) is 11.7 Å². The zero-order valence-corrected chi connectivity index (χ0v) is 19.8. The lowest BCUT2D eigenvalue weighted by atomic mass is 10.0. The first-order chi connectivity index (χ1) is 16.4. The van der Waals surface area contributed by atoms with Crippen molar-refractivity contribution in [3.8, 4) is 0 Å². The maximum Gasteiger partial charge on any atom is 0.273 e. The molecule has 1 amide bonds. The van der Waals surface area contributed by atoms with Crippen molar-refractivity contribution < 1.29 is 4.79 Å². The van der Waals surface area contributed by atoms with Crippen LogP contribution in [0.4, 0.5) is 5.69 Å². The average Bonchev–Trinajstić information content (AvgIpc) is 3.36. The van der Waals surface area contributed by atoms with Gasteiger partial charge in [0.15, 0.2) is 5.65 Å². The smallest absolute Gasteiger partial charge is 0.273 e. The summed E-state index contributed by atoms with van der Waals surface area (Å²) in [5, 5.41) is 6.29. The van der Waals surface area contributed by atoms with Crippen LogP contribution in [0.5, 0.6) is 0 Å².